The van der Waals surface area contributed by atoms with E-state index in [-0.39, 0.29) is 23.2 Å². The van der Waals surface area contributed by atoms with Crippen molar-refractivity contribution in [3.05, 3.63) is 69.8 Å². The van der Waals surface area contributed by atoms with Gasteiger partial charge in [-0.3, -0.25) is 10.1 Å². The van der Waals surface area contributed by atoms with Gasteiger partial charge in [0.1, 0.15) is 0 Å². The van der Waals surface area contributed by atoms with Crippen LogP contribution in [-0.2, 0) is 10.0 Å². The van der Waals surface area contributed by atoms with Gasteiger partial charge in [-0.15, -0.1) is 0 Å². The molecular formula is C19H25N3O4S. The van der Waals surface area contributed by atoms with Gasteiger partial charge < -0.3 is 5.32 Å². The summed E-state index contributed by atoms with van der Waals surface area (Å²) in [5.41, 5.74) is 0.770. The molecule has 0 heterocycles. The van der Waals surface area contributed by atoms with E-state index in [1.165, 1.54) is 12.1 Å². The van der Waals surface area contributed by atoms with Crippen LogP contribution >= 0.6 is 0 Å². The standard InChI is InChI=1S/C19H25N3O4S/c1-14-10-11-17(12-18(14)22(23)24)27(25,26)20-13-19(3,4)21-15(2)16-8-6-5-7-9-16/h5-12,15,20-21H,13H2,1-4H3. The third kappa shape index (κ3) is 5.59. The molecular weight excluding hydrogens is 366 g/mol. The first kappa shape index (κ1) is 21.0. The number of sulfonamides is 1. The van der Waals surface area contributed by atoms with Gasteiger partial charge in [-0.25, -0.2) is 13.1 Å². The SMILES string of the molecule is Cc1ccc(S(=O)(=O)NCC(C)(C)NC(C)c2ccccc2)cc1[N+](=O)[O-]. The Labute approximate surface area is 160 Å². The molecule has 2 N–H and O–H groups in total. The van der Waals surface area contributed by atoms with Gasteiger partial charge in [0.05, 0.1) is 9.82 Å². The van der Waals surface area contributed by atoms with Crippen LogP contribution in [0.1, 0.15) is 37.9 Å². The maximum atomic E-state index is 12.6. The molecule has 0 radical (unpaired) electrons. The zero-order chi connectivity index (χ0) is 20.2. The fraction of sp³-hybridized carbons (Fsp3) is 0.368. The number of rotatable bonds is 8. The Balaban J connectivity index is 2.09. The average molecular weight is 391 g/mol. The van der Waals surface area contributed by atoms with Crippen molar-refractivity contribution < 1.29 is 13.3 Å². The molecule has 1 unspecified atom stereocenters. The van der Waals surface area contributed by atoms with E-state index in [9.17, 15) is 18.5 Å². The first-order chi connectivity index (χ1) is 12.5. The Morgan fingerprint density at radius 1 is 1.15 bits per heavy atom. The summed E-state index contributed by atoms with van der Waals surface area (Å²) in [7, 11) is -3.86. The van der Waals surface area contributed by atoms with Gasteiger partial charge in [0, 0.05) is 29.8 Å². The third-order valence-electron chi connectivity index (χ3n) is 4.30. The summed E-state index contributed by atoms with van der Waals surface area (Å²) in [6, 6.07) is 13.8. The highest BCUT2D eigenvalue weighted by Gasteiger charge is 2.25. The van der Waals surface area contributed by atoms with E-state index < -0.39 is 20.5 Å². The van der Waals surface area contributed by atoms with Crippen LogP contribution in [0.25, 0.3) is 0 Å². The number of benzene rings is 2. The lowest BCUT2D eigenvalue weighted by Gasteiger charge is -2.30. The minimum Gasteiger partial charge on any atom is -0.304 e. The molecule has 0 saturated heterocycles. The Hall–Kier alpha value is -2.29. The lowest BCUT2D eigenvalue weighted by Crippen LogP contribution is -2.49. The molecule has 146 valence electrons. The second-order valence-corrected chi connectivity index (χ2v) is 8.96. The van der Waals surface area contributed by atoms with Crippen LogP contribution in [0.5, 0.6) is 0 Å². The fourth-order valence-corrected chi connectivity index (χ4v) is 4.01. The monoisotopic (exact) mass is 391 g/mol. The maximum absolute atomic E-state index is 12.6. The molecule has 0 saturated carbocycles. The third-order valence-corrected chi connectivity index (χ3v) is 5.70. The number of nitro benzene ring substituents is 1. The van der Waals surface area contributed by atoms with Crippen molar-refractivity contribution in [3.63, 3.8) is 0 Å². The van der Waals surface area contributed by atoms with Crippen LogP contribution in [0.4, 0.5) is 5.69 Å². The lowest BCUT2D eigenvalue weighted by molar-refractivity contribution is -0.385. The maximum Gasteiger partial charge on any atom is 0.273 e. The van der Waals surface area contributed by atoms with Crippen LogP contribution in [0.2, 0.25) is 0 Å². The molecule has 0 aromatic heterocycles. The molecule has 2 aromatic rings. The predicted octanol–water partition coefficient (Wildman–Crippen LogP) is 3.31. The topological polar surface area (TPSA) is 101 Å². The second-order valence-electron chi connectivity index (χ2n) is 7.19. The highest BCUT2D eigenvalue weighted by molar-refractivity contribution is 7.89. The van der Waals surface area contributed by atoms with Crippen molar-refractivity contribution in [1.82, 2.24) is 10.0 Å². The Kier molecular flexibility index (Phi) is 6.35. The minimum atomic E-state index is -3.86. The second kappa shape index (κ2) is 8.16. The van der Waals surface area contributed by atoms with Crippen molar-refractivity contribution in [2.45, 2.75) is 44.2 Å². The average Bonchev–Trinajstić information content (AvgIpc) is 2.60. The smallest absolute Gasteiger partial charge is 0.273 e. The molecule has 0 fully saturated rings. The van der Waals surface area contributed by atoms with E-state index in [2.05, 4.69) is 10.0 Å². The molecule has 0 aliphatic heterocycles. The van der Waals surface area contributed by atoms with E-state index >= 15 is 0 Å². The minimum absolute atomic E-state index is 0.0335. The van der Waals surface area contributed by atoms with Gasteiger partial charge in [0.25, 0.3) is 5.69 Å². The predicted molar refractivity (Wildman–Crippen MR) is 105 cm³/mol. The van der Waals surface area contributed by atoms with Crippen molar-refractivity contribution >= 4 is 15.7 Å². The summed E-state index contributed by atoms with van der Waals surface area (Å²) in [6.07, 6.45) is 0. The van der Waals surface area contributed by atoms with Gasteiger partial charge in [-0.1, -0.05) is 36.4 Å². The van der Waals surface area contributed by atoms with E-state index in [1.807, 2.05) is 51.1 Å². The molecule has 0 spiro atoms. The number of nitrogens with one attached hydrogen (secondary N) is 2. The molecule has 27 heavy (non-hydrogen) atoms. The van der Waals surface area contributed by atoms with Gasteiger partial charge in [-0.05, 0) is 39.3 Å². The molecule has 0 bridgehead atoms. The zero-order valence-electron chi connectivity index (χ0n) is 15.9. The number of hydrogen-bond donors (Lipinski definition) is 2. The number of hydrogen-bond acceptors (Lipinski definition) is 5. The number of nitrogens with zero attached hydrogens (tertiary/aromatic N) is 1. The summed E-state index contributed by atoms with van der Waals surface area (Å²) in [5, 5.41) is 14.5. The summed E-state index contributed by atoms with van der Waals surface area (Å²) in [4.78, 5) is 10.4. The Morgan fingerprint density at radius 3 is 2.37 bits per heavy atom. The summed E-state index contributed by atoms with van der Waals surface area (Å²) < 4.78 is 27.7. The molecule has 0 amide bonds. The van der Waals surface area contributed by atoms with Gasteiger partial charge in [-0.2, -0.15) is 0 Å². The van der Waals surface area contributed by atoms with E-state index in [4.69, 9.17) is 0 Å². The first-order valence-electron chi connectivity index (χ1n) is 8.59. The normalized spacial score (nSPS) is 13.3. The van der Waals surface area contributed by atoms with Crippen LogP contribution in [0.15, 0.2) is 53.4 Å². The quantitative estimate of drug-likeness (QED) is 0.531. The van der Waals surface area contributed by atoms with Crippen LogP contribution in [0.3, 0.4) is 0 Å². The fourth-order valence-electron chi connectivity index (χ4n) is 2.77. The Bertz CT molecular complexity index is 912. The van der Waals surface area contributed by atoms with Crippen molar-refractivity contribution in [2.24, 2.45) is 0 Å². The zero-order valence-corrected chi connectivity index (χ0v) is 16.7. The molecule has 0 aliphatic rings. The van der Waals surface area contributed by atoms with Crippen LogP contribution in [0, 0.1) is 17.0 Å². The van der Waals surface area contributed by atoms with Gasteiger partial charge in [0.15, 0.2) is 0 Å². The highest BCUT2D eigenvalue weighted by atomic mass is 32.2. The van der Waals surface area contributed by atoms with Gasteiger partial charge in [0.2, 0.25) is 10.0 Å². The summed E-state index contributed by atoms with van der Waals surface area (Å²) >= 11 is 0. The van der Waals surface area contributed by atoms with Crippen LogP contribution < -0.4 is 10.0 Å². The highest BCUT2D eigenvalue weighted by Crippen LogP contribution is 2.22. The summed E-state index contributed by atoms with van der Waals surface area (Å²) in [5.74, 6) is 0. The summed E-state index contributed by atoms with van der Waals surface area (Å²) in [6.45, 7) is 7.50. The largest absolute Gasteiger partial charge is 0.304 e. The van der Waals surface area contributed by atoms with Crippen molar-refractivity contribution in [2.75, 3.05) is 6.54 Å². The molecule has 1 atom stereocenters. The number of aryl methyl sites for hydroxylation is 1. The molecule has 7 nitrogen and oxygen atoms in total. The van der Waals surface area contributed by atoms with E-state index in [0.29, 0.717) is 5.56 Å². The number of nitro groups is 1. The van der Waals surface area contributed by atoms with Crippen molar-refractivity contribution in [1.29, 1.82) is 0 Å². The molecule has 2 rings (SSSR count). The lowest BCUT2D eigenvalue weighted by atomic mass is 10.0. The van der Waals surface area contributed by atoms with E-state index in [0.717, 1.165) is 11.6 Å². The molecule has 8 heteroatoms. The first-order valence-corrected chi connectivity index (χ1v) is 10.1. The van der Waals surface area contributed by atoms with E-state index in [1.54, 1.807) is 6.92 Å². The molecule has 0 aliphatic carbocycles. The van der Waals surface area contributed by atoms with Gasteiger partial charge >= 0.3 is 0 Å². The van der Waals surface area contributed by atoms with Crippen LogP contribution in [-0.4, -0.2) is 25.4 Å². The Morgan fingerprint density at radius 2 is 1.78 bits per heavy atom. The van der Waals surface area contributed by atoms with Crippen molar-refractivity contribution in [3.8, 4) is 0 Å². The molecule has 2 aromatic carbocycles.